The summed E-state index contributed by atoms with van der Waals surface area (Å²) in [6.07, 6.45) is -1.68. The van der Waals surface area contributed by atoms with Gasteiger partial charge in [-0.05, 0) is 41.8 Å². The van der Waals surface area contributed by atoms with Gasteiger partial charge in [0.05, 0.1) is 12.5 Å². The third kappa shape index (κ3) is 5.23. The zero-order chi connectivity index (χ0) is 23.4. The summed E-state index contributed by atoms with van der Waals surface area (Å²) in [5.74, 6) is -2.45. The fraction of sp³-hybridized carbons (Fsp3) is 0.348. The van der Waals surface area contributed by atoms with E-state index in [2.05, 4.69) is 0 Å². The van der Waals surface area contributed by atoms with Gasteiger partial charge in [-0.25, -0.2) is 0 Å². The molecule has 170 valence electrons. The van der Waals surface area contributed by atoms with Crippen LogP contribution < -0.4 is 5.73 Å². The molecule has 32 heavy (non-hydrogen) atoms. The van der Waals surface area contributed by atoms with Crippen LogP contribution in [0.5, 0.6) is 0 Å². The lowest BCUT2D eigenvalue weighted by Gasteiger charge is -2.47. The quantitative estimate of drug-likeness (QED) is 0.592. The number of halogens is 2. The van der Waals surface area contributed by atoms with Crippen LogP contribution in [0.1, 0.15) is 49.5 Å². The number of nitrogens with zero attached hydrogens (tertiary/aromatic N) is 1. The smallest absolute Gasteiger partial charge is 0.306 e. The zero-order valence-electron chi connectivity index (χ0n) is 17.4. The van der Waals surface area contributed by atoms with Gasteiger partial charge in [0, 0.05) is 10.0 Å². The zero-order valence-corrected chi connectivity index (χ0v) is 18.9. The van der Waals surface area contributed by atoms with Crippen LogP contribution >= 0.6 is 23.2 Å². The maximum atomic E-state index is 13.5. The number of carboxylic acid groups (broad SMARTS) is 1. The molecule has 0 aliphatic carbocycles. The van der Waals surface area contributed by atoms with Gasteiger partial charge >= 0.3 is 5.97 Å². The fourth-order valence-corrected chi connectivity index (χ4v) is 4.36. The number of primary amides is 1. The Hall–Kier alpha value is -2.61. The molecule has 0 bridgehead atoms. The van der Waals surface area contributed by atoms with Crippen LogP contribution in [0.25, 0.3) is 0 Å². The maximum Gasteiger partial charge on any atom is 0.306 e. The van der Waals surface area contributed by atoms with Crippen LogP contribution in [0.3, 0.4) is 0 Å². The van der Waals surface area contributed by atoms with Gasteiger partial charge in [-0.2, -0.15) is 0 Å². The Bertz CT molecular complexity index is 998. The van der Waals surface area contributed by atoms with E-state index in [4.69, 9.17) is 33.7 Å². The summed E-state index contributed by atoms with van der Waals surface area (Å²) in [5, 5.41) is 10.3. The van der Waals surface area contributed by atoms with Gasteiger partial charge in [0.2, 0.25) is 5.91 Å². The molecule has 2 amide bonds. The second-order valence-electron chi connectivity index (χ2n) is 7.65. The number of carboxylic acids is 1. The van der Waals surface area contributed by atoms with E-state index in [1.54, 1.807) is 48.5 Å². The second-order valence-corrected chi connectivity index (χ2v) is 8.52. The Morgan fingerprint density at radius 3 is 2.38 bits per heavy atom. The molecule has 1 aliphatic heterocycles. The van der Waals surface area contributed by atoms with Gasteiger partial charge in [-0.1, -0.05) is 60.8 Å². The largest absolute Gasteiger partial charge is 0.481 e. The van der Waals surface area contributed by atoms with Crippen LogP contribution in [0, 0.1) is 0 Å². The Balaban J connectivity index is 2.20. The second kappa shape index (κ2) is 10.3. The highest BCUT2D eigenvalue weighted by molar-refractivity contribution is 6.30. The molecule has 1 saturated heterocycles. The van der Waals surface area contributed by atoms with Gasteiger partial charge in [0.25, 0.3) is 5.91 Å². The number of hydrogen-bond donors (Lipinski definition) is 2. The van der Waals surface area contributed by atoms with E-state index >= 15 is 0 Å². The molecule has 3 N–H and O–H groups in total. The Morgan fingerprint density at radius 1 is 1.12 bits per heavy atom. The predicted molar refractivity (Wildman–Crippen MR) is 120 cm³/mol. The van der Waals surface area contributed by atoms with Gasteiger partial charge in [-0.15, -0.1) is 0 Å². The normalized spacial score (nSPS) is 21.9. The molecule has 2 aromatic carbocycles. The molecule has 4 atom stereocenters. The van der Waals surface area contributed by atoms with Gasteiger partial charge in [0.1, 0.15) is 18.2 Å². The minimum absolute atomic E-state index is 0.327. The first kappa shape index (κ1) is 24.0. The molecule has 2 aromatic rings. The molecule has 7 nitrogen and oxygen atoms in total. The van der Waals surface area contributed by atoms with E-state index in [-0.39, 0.29) is 0 Å². The molecule has 0 radical (unpaired) electrons. The van der Waals surface area contributed by atoms with Gasteiger partial charge in [0.15, 0.2) is 0 Å². The number of aliphatic carboxylic acids is 1. The molecule has 9 heteroatoms. The molecular weight excluding hydrogens is 455 g/mol. The van der Waals surface area contributed by atoms with Crippen molar-refractivity contribution in [2.75, 3.05) is 0 Å². The highest BCUT2D eigenvalue weighted by Crippen LogP contribution is 2.44. The minimum Gasteiger partial charge on any atom is -0.481 e. The number of benzene rings is 2. The van der Waals surface area contributed by atoms with Crippen molar-refractivity contribution in [1.82, 2.24) is 4.90 Å². The van der Waals surface area contributed by atoms with Crippen molar-refractivity contribution in [2.24, 2.45) is 5.73 Å². The van der Waals surface area contributed by atoms with E-state index < -0.39 is 48.5 Å². The minimum atomic E-state index is -1.28. The van der Waals surface area contributed by atoms with Crippen LogP contribution in [-0.2, 0) is 19.1 Å². The van der Waals surface area contributed by atoms with Crippen molar-refractivity contribution < 1.29 is 24.2 Å². The van der Waals surface area contributed by atoms with Crippen LogP contribution in [-0.4, -0.2) is 39.9 Å². The lowest BCUT2D eigenvalue weighted by Crippen LogP contribution is -2.58. The number of hydrogen-bond acceptors (Lipinski definition) is 4. The van der Waals surface area contributed by atoms with Crippen molar-refractivity contribution in [1.29, 1.82) is 0 Å². The number of ether oxygens (including phenoxy) is 1. The monoisotopic (exact) mass is 478 g/mol. The molecule has 1 heterocycles. The molecule has 0 unspecified atom stereocenters. The molecule has 0 saturated carbocycles. The Morgan fingerprint density at radius 2 is 1.81 bits per heavy atom. The first-order chi connectivity index (χ1) is 15.2. The average molecular weight is 479 g/mol. The lowest BCUT2D eigenvalue weighted by molar-refractivity contribution is -0.184. The summed E-state index contributed by atoms with van der Waals surface area (Å²) in [5.41, 5.74) is 7.02. The number of nitrogens with two attached hydrogens (primary N) is 1. The SMILES string of the molecule is CCC[C@@H](C(N)=O)N1C(=O)[C@@H](CC(=O)O)O[C@H](c2cccc(Cl)c2)[C@@H]1c1ccc(Cl)cc1. The molecule has 0 spiro atoms. The highest BCUT2D eigenvalue weighted by Gasteiger charge is 2.48. The number of morpholine rings is 1. The van der Waals surface area contributed by atoms with Crippen molar-refractivity contribution in [3.63, 3.8) is 0 Å². The van der Waals surface area contributed by atoms with Crippen molar-refractivity contribution in [2.45, 2.75) is 50.5 Å². The number of carbonyl (C=O) groups is 3. The first-order valence-corrected chi connectivity index (χ1v) is 11.0. The summed E-state index contributed by atoms with van der Waals surface area (Å²) < 4.78 is 6.07. The van der Waals surface area contributed by atoms with Crippen LogP contribution in [0.15, 0.2) is 48.5 Å². The van der Waals surface area contributed by atoms with E-state index in [0.29, 0.717) is 34.0 Å². The molecule has 0 aromatic heterocycles. The predicted octanol–water partition coefficient (Wildman–Crippen LogP) is 4.13. The van der Waals surface area contributed by atoms with Crippen molar-refractivity contribution >= 4 is 41.0 Å². The molecular formula is C23H24Cl2N2O5. The number of rotatable bonds is 8. The summed E-state index contributed by atoms with van der Waals surface area (Å²) in [7, 11) is 0. The number of amides is 2. The first-order valence-electron chi connectivity index (χ1n) is 10.2. The van der Waals surface area contributed by atoms with Crippen LogP contribution in [0.2, 0.25) is 10.0 Å². The van der Waals surface area contributed by atoms with Gasteiger partial charge in [-0.3, -0.25) is 14.4 Å². The third-order valence-electron chi connectivity index (χ3n) is 5.40. The van der Waals surface area contributed by atoms with E-state index in [0.717, 1.165) is 0 Å². The number of carbonyl (C=O) groups excluding carboxylic acids is 2. The fourth-order valence-electron chi connectivity index (χ4n) is 4.03. The maximum absolute atomic E-state index is 13.5. The summed E-state index contributed by atoms with van der Waals surface area (Å²) in [6, 6.07) is 12.1. The molecule has 3 rings (SSSR count). The summed E-state index contributed by atoms with van der Waals surface area (Å²) in [4.78, 5) is 38.7. The van der Waals surface area contributed by atoms with Crippen molar-refractivity contribution in [3.05, 3.63) is 69.7 Å². The Kier molecular flexibility index (Phi) is 7.77. The third-order valence-corrected chi connectivity index (χ3v) is 5.89. The topological polar surface area (TPSA) is 110 Å². The highest BCUT2D eigenvalue weighted by atomic mass is 35.5. The molecule has 1 fully saturated rings. The Labute approximate surface area is 196 Å². The van der Waals surface area contributed by atoms with Gasteiger partial charge < -0.3 is 20.5 Å². The standard InChI is InChI=1S/C23H24Cl2N2O5/c1-2-4-17(22(26)30)27-20(13-7-9-15(24)10-8-13)21(14-5-3-6-16(25)11-14)32-18(23(27)31)12-19(28)29/h3,5-11,17-18,20-21H,2,4,12H2,1H3,(H2,26,30)(H,28,29)/t17-,18+,20-,21+/m0/s1. The van der Waals surface area contributed by atoms with E-state index in [1.165, 1.54) is 4.90 Å². The van der Waals surface area contributed by atoms with Crippen LogP contribution in [0.4, 0.5) is 0 Å². The summed E-state index contributed by atoms with van der Waals surface area (Å²) in [6.45, 7) is 1.88. The average Bonchev–Trinajstić information content (AvgIpc) is 2.73. The lowest BCUT2D eigenvalue weighted by atomic mass is 9.89. The molecule has 1 aliphatic rings. The van der Waals surface area contributed by atoms with Crippen molar-refractivity contribution in [3.8, 4) is 0 Å². The summed E-state index contributed by atoms with van der Waals surface area (Å²) >= 11 is 12.3. The van der Waals surface area contributed by atoms with E-state index in [1.807, 2.05) is 6.92 Å². The van der Waals surface area contributed by atoms with E-state index in [9.17, 15) is 19.5 Å².